The summed E-state index contributed by atoms with van der Waals surface area (Å²) < 4.78 is 38.7. The van der Waals surface area contributed by atoms with Gasteiger partial charge in [-0.3, -0.25) is 9.78 Å². The number of anilines is 2. The number of pyridine rings is 2. The molecule has 0 spiro atoms. The molecule has 12 heteroatoms. The van der Waals surface area contributed by atoms with Gasteiger partial charge in [-0.05, 0) is 43.2 Å². The molecule has 4 aromatic rings. The highest BCUT2D eigenvalue weighted by Crippen LogP contribution is 2.38. The van der Waals surface area contributed by atoms with Crippen molar-refractivity contribution in [1.29, 1.82) is 0 Å². The Morgan fingerprint density at radius 1 is 1.19 bits per heavy atom. The molecular weight excluding hydrogens is 556 g/mol. The quantitative estimate of drug-likeness (QED) is 0.355. The molecule has 0 unspecified atom stereocenters. The molecule has 222 valence electrons. The summed E-state index contributed by atoms with van der Waals surface area (Å²) >= 11 is 0. The van der Waals surface area contributed by atoms with Crippen molar-refractivity contribution in [3.63, 3.8) is 0 Å². The molecule has 1 fully saturated rings. The second-order valence-corrected chi connectivity index (χ2v) is 10.9. The highest BCUT2D eigenvalue weighted by Gasteiger charge is 2.31. The van der Waals surface area contributed by atoms with E-state index in [1.165, 1.54) is 28.8 Å². The molecule has 1 aromatic carbocycles. The van der Waals surface area contributed by atoms with Gasteiger partial charge in [0.2, 0.25) is 5.91 Å². The zero-order chi connectivity index (χ0) is 30.4. The molecule has 2 aliphatic heterocycles. The number of carbonyl (C=O) groups excluding carboxylic acids is 1. The van der Waals surface area contributed by atoms with Crippen LogP contribution in [0.15, 0.2) is 54.0 Å². The number of ether oxygens (including phenoxy) is 1. The highest BCUT2D eigenvalue weighted by molar-refractivity contribution is 5.92. The summed E-state index contributed by atoms with van der Waals surface area (Å²) in [6, 6.07) is 6.98. The lowest BCUT2D eigenvalue weighted by Crippen LogP contribution is -2.54. The Hall–Kier alpha value is -4.87. The van der Waals surface area contributed by atoms with E-state index in [4.69, 9.17) is 4.74 Å². The van der Waals surface area contributed by atoms with Crippen molar-refractivity contribution in [2.75, 3.05) is 43.0 Å². The van der Waals surface area contributed by atoms with Crippen molar-refractivity contribution in [2.24, 2.45) is 0 Å². The fourth-order valence-corrected chi connectivity index (χ4v) is 5.77. The highest BCUT2D eigenvalue weighted by atomic mass is 19.1. The zero-order valence-electron chi connectivity index (χ0n) is 24.1. The molecule has 1 atom stereocenters. The van der Waals surface area contributed by atoms with Crippen molar-refractivity contribution in [1.82, 2.24) is 24.4 Å². The van der Waals surface area contributed by atoms with Gasteiger partial charge in [0.15, 0.2) is 11.5 Å². The van der Waals surface area contributed by atoms with E-state index in [1.807, 2.05) is 25.7 Å². The summed E-state index contributed by atoms with van der Waals surface area (Å²) in [7, 11) is 0. The largest absolute Gasteiger partial charge is 0.491 e. The molecular formula is C31H31F2N7O3. The summed E-state index contributed by atoms with van der Waals surface area (Å²) in [6.45, 7) is 10.9. The van der Waals surface area contributed by atoms with E-state index >= 15 is 8.78 Å². The number of nitrogens with one attached hydrogen (secondary N) is 1. The number of halogens is 2. The van der Waals surface area contributed by atoms with Gasteiger partial charge in [0.25, 0.3) is 0 Å². The number of piperazine rings is 1. The van der Waals surface area contributed by atoms with E-state index in [1.54, 1.807) is 23.2 Å². The van der Waals surface area contributed by atoms with Gasteiger partial charge in [-0.2, -0.15) is 4.98 Å². The van der Waals surface area contributed by atoms with Gasteiger partial charge < -0.3 is 19.9 Å². The van der Waals surface area contributed by atoms with Crippen LogP contribution in [-0.2, 0) is 4.79 Å². The van der Waals surface area contributed by atoms with Crippen molar-refractivity contribution in [3.05, 3.63) is 77.0 Å². The van der Waals surface area contributed by atoms with Gasteiger partial charge in [0.05, 0.1) is 28.0 Å². The first-order valence-electron chi connectivity index (χ1n) is 14.2. The predicted molar refractivity (Wildman–Crippen MR) is 160 cm³/mol. The Balaban J connectivity index is 1.68. The predicted octanol–water partition coefficient (Wildman–Crippen LogP) is 4.27. The van der Waals surface area contributed by atoms with Crippen LogP contribution in [0.2, 0.25) is 0 Å². The lowest BCUT2D eigenvalue weighted by atomic mass is 10.1. The molecule has 1 amide bonds. The fourth-order valence-electron chi connectivity index (χ4n) is 5.77. The van der Waals surface area contributed by atoms with E-state index in [0.29, 0.717) is 43.2 Å². The van der Waals surface area contributed by atoms with Crippen LogP contribution in [0.25, 0.3) is 28.0 Å². The maximum Gasteiger partial charge on any atom is 0.355 e. The van der Waals surface area contributed by atoms with E-state index in [0.717, 1.165) is 0 Å². The van der Waals surface area contributed by atoms with Crippen molar-refractivity contribution < 1.29 is 18.3 Å². The van der Waals surface area contributed by atoms with E-state index in [9.17, 15) is 9.59 Å². The van der Waals surface area contributed by atoms with Gasteiger partial charge in [0.1, 0.15) is 29.7 Å². The average molecular weight is 588 g/mol. The number of fused-ring (bicyclic) bond motifs is 5. The molecule has 0 aliphatic carbocycles. The van der Waals surface area contributed by atoms with Gasteiger partial charge >= 0.3 is 5.69 Å². The van der Waals surface area contributed by atoms with Crippen molar-refractivity contribution in [2.45, 2.75) is 32.7 Å². The number of benzene rings is 1. The van der Waals surface area contributed by atoms with Gasteiger partial charge in [-0.1, -0.05) is 26.5 Å². The van der Waals surface area contributed by atoms with Crippen LogP contribution < -0.4 is 20.6 Å². The number of hydrogen-bond donors (Lipinski definition) is 1. The van der Waals surface area contributed by atoms with E-state index in [-0.39, 0.29) is 58.3 Å². The maximum absolute atomic E-state index is 16.1. The van der Waals surface area contributed by atoms with Crippen LogP contribution in [-0.4, -0.2) is 69.2 Å². The third-order valence-electron chi connectivity index (χ3n) is 7.80. The van der Waals surface area contributed by atoms with Gasteiger partial charge in [-0.25, -0.2) is 23.1 Å². The van der Waals surface area contributed by atoms with Crippen LogP contribution in [0.5, 0.6) is 5.75 Å². The standard InChI is InChI=1S/C31H31F2N7O3/c1-5-24(41)38-12-13-39(18(4)16-38)29-19-15-21(33)27-25-20(32)7-6-8-23(25)43-14-11-34-22-9-10-35-26(17(2)3)28(22)40(30(19)36-27)31(42)37-29/h5-10,15,17-18,34H,1,11-14,16H2,2-4H3/t18-/m0/s1. The van der Waals surface area contributed by atoms with Crippen LogP contribution in [0.1, 0.15) is 32.4 Å². The number of hydrogen-bond acceptors (Lipinski definition) is 8. The maximum atomic E-state index is 16.1. The molecule has 6 rings (SSSR count). The Labute approximate surface area is 246 Å². The van der Waals surface area contributed by atoms with E-state index < -0.39 is 17.3 Å². The number of rotatable bonds is 3. The monoisotopic (exact) mass is 587 g/mol. The lowest BCUT2D eigenvalue weighted by molar-refractivity contribution is -0.126. The van der Waals surface area contributed by atoms with Crippen molar-refractivity contribution in [3.8, 4) is 22.7 Å². The first-order valence-corrected chi connectivity index (χ1v) is 14.2. The first kappa shape index (κ1) is 28.3. The van der Waals surface area contributed by atoms with Crippen molar-refractivity contribution >= 4 is 28.4 Å². The average Bonchev–Trinajstić information content (AvgIpc) is 2.98. The molecule has 0 saturated carbocycles. The minimum absolute atomic E-state index is 0.0934. The molecule has 5 heterocycles. The van der Waals surface area contributed by atoms with Gasteiger partial charge in [-0.15, -0.1) is 0 Å². The summed E-state index contributed by atoms with van der Waals surface area (Å²) in [5, 5.41) is 3.57. The second-order valence-electron chi connectivity index (χ2n) is 10.9. The minimum Gasteiger partial charge on any atom is -0.491 e. The summed E-state index contributed by atoms with van der Waals surface area (Å²) in [4.78, 5) is 43.6. The first-order chi connectivity index (χ1) is 20.7. The molecule has 1 saturated heterocycles. The topological polar surface area (TPSA) is 105 Å². The number of nitrogens with zero attached hydrogens (tertiary/aromatic N) is 6. The normalized spacial score (nSPS) is 16.6. The van der Waals surface area contributed by atoms with Gasteiger partial charge in [0, 0.05) is 38.4 Å². The Kier molecular flexibility index (Phi) is 7.28. The number of carbonyl (C=O) groups is 1. The Morgan fingerprint density at radius 3 is 2.74 bits per heavy atom. The number of amides is 1. The van der Waals surface area contributed by atoms with Crippen LogP contribution in [0.4, 0.5) is 20.3 Å². The summed E-state index contributed by atoms with van der Waals surface area (Å²) in [5.74, 6) is -1.44. The Bertz CT molecular complexity index is 1820. The SMILES string of the molecule is C=CC(=O)N1CCN(c2nc(=O)n3c4nc(c(F)cc24)-c2c(F)cccc2OCCNc2ccnc(C(C)C)c2-3)[C@@H](C)C1. The molecule has 3 aromatic heterocycles. The smallest absolute Gasteiger partial charge is 0.355 e. The molecule has 43 heavy (non-hydrogen) atoms. The molecule has 2 aliphatic rings. The zero-order valence-corrected chi connectivity index (χ0v) is 24.1. The van der Waals surface area contributed by atoms with Crippen LogP contribution in [0, 0.1) is 11.6 Å². The third-order valence-corrected chi connectivity index (χ3v) is 7.80. The lowest BCUT2D eigenvalue weighted by Gasteiger charge is -2.40. The number of aromatic nitrogens is 4. The second kappa shape index (κ2) is 11.1. The minimum atomic E-state index is -0.797. The molecule has 2 bridgehead atoms. The third kappa shape index (κ3) is 4.86. The molecule has 1 N–H and O–H groups in total. The van der Waals surface area contributed by atoms with Crippen LogP contribution in [0.3, 0.4) is 0 Å². The molecule has 10 nitrogen and oxygen atoms in total. The van der Waals surface area contributed by atoms with Crippen LogP contribution >= 0.6 is 0 Å². The Morgan fingerprint density at radius 2 is 2.00 bits per heavy atom. The summed E-state index contributed by atoms with van der Waals surface area (Å²) in [6.07, 6.45) is 2.91. The molecule has 0 radical (unpaired) electrons. The summed E-state index contributed by atoms with van der Waals surface area (Å²) in [5.41, 5.74) is 0.648. The fraction of sp³-hybridized carbons (Fsp3) is 0.323. The van der Waals surface area contributed by atoms with E-state index in [2.05, 4.69) is 26.8 Å².